The molecule has 1 N–H and O–H groups in total. The molecule has 1 heterocycles. The minimum absolute atomic E-state index is 0. The average Bonchev–Trinajstić information content (AvgIpc) is 2.33. The minimum Gasteiger partial charge on any atom is -0.345 e. The molecule has 1 aromatic heterocycles. The van der Waals surface area contributed by atoms with Gasteiger partial charge in [-0.2, -0.15) is 0 Å². The molecule has 2 nitrogen and oxygen atoms in total. The Morgan fingerprint density at radius 1 is 1.20 bits per heavy atom. The van der Waals surface area contributed by atoms with Crippen LogP contribution in [0, 0.1) is 0 Å². The number of para-hydroxylation sites is 2. The summed E-state index contributed by atoms with van der Waals surface area (Å²) in [5, 5.41) is 0. The van der Waals surface area contributed by atoms with Crippen molar-refractivity contribution in [2.75, 3.05) is 0 Å². The number of aromatic amines is 1. The predicted molar refractivity (Wildman–Crippen MR) is 36.1 cm³/mol. The van der Waals surface area contributed by atoms with E-state index in [1.54, 1.807) is 6.33 Å². The van der Waals surface area contributed by atoms with Gasteiger partial charge in [-0.1, -0.05) is 12.1 Å². The molecular formula is C7H6N2Na+. The smallest absolute Gasteiger partial charge is 0.345 e. The van der Waals surface area contributed by atoms with Crippen molar-refractivity contribution in [3.63, 3.8) is 0 Å². The second-order valence-electron chi connectivity index (χ2n) is 1.92. The number of hydrogen-bond donors (Lipinski definition) is 1. The van der Waals surface area contributed by atoms with Gasteiger partial charge in [0.05, 0.1) is 17.4 Å². The van der Waals surface area contributed by atoms with Crippen molar-refractivity contribution < 1.29 is 29.6 Å². The Morgan fingerprint density at radius 2 is 2.00 bits per heavy atom. The Labute approximate surface area is 81.0 Å². The molecule has 3 heteroatoms. The zero-order valence-electron chi connectivity index (χ0n) is 5.83. The molecule has 0 fully saturated rings. The molecule has 44 valence electrons. The number of nitrogens with one attached hydrogen (secondary N) is 1. The van der Waals surface area contributed by atoms with Crippen LogP contribution in [0.25, 0.3) is 11.0 Å². The summed E-state index contributed by atoms with van der Waals surface area (Å²) in [6.07, 6.45) is 1.70. The van der Waals surface area contributed by atoms with Crippen molar-refractivity contribution in [2.24, 2.45) is 0 Å². The summed E-state index contributed by atoms with van der Waals surface area (Å²) in [6.45, 7) is 0. The van der Waals surface area contributed by atoms with E-state index in [4.69, 9.17) is 0 Å². The zero-order chi connectivity index (χ0) is 6.10. The molecule has 0 aliphatic carbocycles. The SMILES string of the molecule is [Na+].c1ccc2[nH]cnc2c1. The third-order valence-electron chi connectivity index (χ3n) is 1.33. The number of hydrogen-bond acceptors (Lipinski definition) is 1. The molecule has 0 unspecified atom stereocenters. The summed E-state index contributed by atoms with van der Waals surface area (Å²) in [4.78, 5) is 7.07. The summed E-state index contributed by atoms with van der Waals surface area (Å²) in [5.41, 5.74) is 2.12. The molecule has 0 spiro atoms. The van der Waals surface area contributed by atoms with Crippen molar-refractivity contribution in [3.05, 3.63) is 30.6 Å². The van der Waals surface area contributed by atoms with Gasteiger partial charge >= 0.3 is 29.6 Å². The Hall–Kier alpha value is -0.310. The van der Waals surface area contributed by atoms with Crippen molar-refractivity contribution in [2.45, 2.75) is 0 Å². The quantitative estimate of drug-likeness (QED) is 0.447. The second-order valence-corrected chi connectivity index (χ2v) is 1.92. The molecule has 2 aromatic rings. The first-order chi connectivity index (χ1) is 4.47. The second kappa shape index (κ2) is 3.19. The molecule has 0 atom stereocenters. The Balaban J connectivity index is 0.000000500. The van der Waals surface area contributed by atoms with Crippen LogP contribution in [0.2, 0.25) is 0 Å². The fourth-order valence-electron chi connectivity index (χ4n) is 0.880. The van der Waals surface area contributed by atoms with Crippen LogP contribution in [0.5, 0.6) is 0 Å². The van der Waals surface area contributed by atoms with E-state index in [-0.39, 0.29) is 29.6 Å². The first kappa shape index (κ1) is 7.79. The van der Waals surface area contributed by atoms with Crippen molar-refractivity contribution >= 4 is 11.0 Å². The van der Waals surface area contributed by atoms with Crippen LogP contribution in [0.3, 0.4) is 0 Å². The van der Waals surface area contributed by atoms with Crippen LogP contribution in [0.4, 0.5) is 0 Å². The first-order valence-corrected chi connectivity index (χ1v) is 2.85. The van der Waals surface area contributed by atoms with Crippen LogP contribution in [0.15, 0.2) is 30.6 Å². The van der Waals surface area contributed by atoms with Gasteiger partial charge in [0.1, 0.15) is 0 Å². The summed E-state index contributed by atoms with van der Waals surface area (Å²) >= 11 is 0. The number of nitrogens with zero attached hydrogens (tertiary/aromatic N) is 1. The molecule has 2 rings (SSSR count). The zero-order valence-corrected chi connectivity index (χ0v) is 7.83. The van der Waals surface area contributed by atoms with Gasteiger partial charge in [-0.15, -0.1) is 0 Å². The van der Waals surface area contributed by atoms with Gasteiger partial charge in [-0.25, -0.2) is 4.98 Å². The molecule has 0 saturated carbocycles. The molecule has 10 heavy (non-hydrogen) atoms. The summed E-state index contributed by atoms with van der Waals surface area (Å²) < 4.78 is 0. The molecular weight excluding hydrogens is 135 g/mol. The maximum Gasteiger partial charge on any atom is 1.00 e. The van der Waals surface area contributed by atoms with Gasteiger partial charge in [-0.3, -0.25) is 0 Å². The monoisotopic (exact) mass is 141 g/mol. The van der Waals surface area contributed by atoms with Crippen LogP contribution < -0.4 is 29.6 Å². The number of aromatic nitrogens is 2. The molecule has 0 saturated heterocycles. The van der Waals surface area contributed by atoms with Gasteiger partial charge in [0.2, 0.25) is 0 Å². The Morgan fingerprint density at radius 3 is 2.80 bits per heavy atom. The van der Waals surface area contributed by atoms with Gasteiger partial charge in [0.25, 0.3) is 0 Å². The van der Waals surface area contributed by atoms with Gasteiger partial charge in [0, 0.05) is 0 Å². The summed E-state index contributed by atoms with van der Waals surface area (Å²) in [7, 11) is 0. The number of fused-ring (bicyclic) bond motifs is 1. The average molecular weight is 141 g/mol. The minimum atomic E-state index is 0. The fraction of sp³-hybridized carbons (Fsp3) is 0. The van der Waals surface area contributed by atoms with Crippen molar-refractivity contribution in [1.82, 2.24) is 9.97 Å². The van der Waals surface area contributed by atoms with Crippen LogP contribution in [0.1, 0.15) is 0 Å². The largest absolute Gasteiger partial charge is 1.00 e. The standard InChI is InChI=1S/C7H6N2.Na/c1-2-4-7-6(3-1)8-5-9-7;/h1-5H,(H,8,9);/q;+1. The predicted octanol–water partition coefficient (Wildman–Crippen LogP) is -1.43. The molecule has 0 aliphatic rings. The maximum absolute atomic E-state index is 4.06. The summed E-state index contributed by atoms with van der Waals surface area (Å²) in [5.74, 6) is 0. The van der Waals surface area contributed by atoms with Crippen LogP contribution >= 0.6 is 0 Å². The van der Waals surface area contributed by atoms with Crippen LogP contribution in [-0.2, 0) is 0 Å². The van der Waals surface area contributed by atoms with E-state index in [1.165, 1.54) is 0 Å². The van der Waals surface area contributed by atoms with Gasteiger partial charge in [-0.05, 0) is 12.1 Å². The van der Waals surface area contributed by atoms with E-state index < -0.39 is 0 Å². The number of H-pyrrole nitrogens is 1. The maximum atomic E-state index is 4.06. The Bertz CT molecular complexity index is 286. The van der Waals surface area contributed by atoms with Crippen molar-refractivity contribution in [1.29, 1.82) is 0 Å². The van der Waals surface area contributed by atoms with E-state index in [9.17, 15) is 0 Å². The van der Waals surface area contributed by atoms with Crippen molar-refractivity contribution in [3.8, 4) is 0 Å². The molecule has 0 bridgehead atoms. The Kier molecular flexibility index (Phi) is 2.49. The van der Waals surface area contributed by atoms with Gasteiger partial charge in [0.15, 0.2) is 0 Å². The fourth-order valence-corrected chi connectivity index (χ4v) is 0.880. The van der Waals surface area contributed by atoms with Crippen LogP contribution in [-0.4, -0.2) is 9.97 Å². The molecule has 0 amide bonds. The summed E-state index contributed by atoms with van der Waals surface area (Å²) in [6, 6.07) is 7.94. The number of imidazole rings is 1. The van der Waals surface area contributed by atoms with E-state index in [1.807, 2.05) is 24.3 Å². The normalized spacial score (nSPS) is 9.20. The van der Waals surface area contributed by atoms with Gasteiger partial charge < -0.3 is 4.98 Å². The third-order valence-corrected chi connectivity index (χ3v) is 1.33. The topological polar surface area (TPSA) is 28.7 Å². The number of rotatable bonds is 0. The van der Waals surface area contributed by atoms with E-state index >= 15 is 0 Å². The first-order valence-electron chi connectivity index (χ1n) is 2.85. The molecule has 0 aliphatic heterocycles. The van der Waals surface area contributed by atoms with E-state index in [0.29, 0.717) is 0 Å². The molecule has 0 radical (unpaired) electrons. The van der Waals surface area contributed by atoms with E-state index in [0.717, 1.165) is 11.0 Å². The third kappa shape index (κ3) is 1.24. The van der Waals surface area contributed by atoms with E-state index in [2.05, 4.69) is 9.97 Å². The molecule has 1 aromatic carbocycles. The number of benzene rings is 1.